The molecule has 1 amide bonds. The van der Waals surface area contributed by atoms with Crippen LogP contribution in [0, 0.1) is 16.0 Å². The van der Waals surface area contributed by atoms with Crippen LogP contribution in [-0.2, 0) is 0 Å². The van der Waals surface area contributed by atoms with Gasteiger partial charge in [0.2, 0.25) is 0 Å². The molecule has 1 fully saturated rings. The van der Waals surface area contributed by atoms with Crippen molar-refractivity contribution < 1.29 is 9.72 Å². The van der Waals surface area contributed by atoms with E-state index in [1.807, 2.05) is 0 Å². The maximum absolute atomic E-state index is 12.0. The average molecular weight is 291 g/mol. The van der Waals surface area contributed by atoms with Crippen LogP contribution in [0.25, 0.3) is 0 Å². The zero-order valence-electron chi connectivity index (χ0n) is 12.5. The molecule has 21 heavy (non-hydrogen) atoms. The first-order valence-corrected chi connectivity index (χ1v) is 7.23. The fraction of sp³-hybridized carbons (Fsp3) is 0.533. The van der Waals surface area contributed by atoms with E-state index in [1.165, 1.54) is 29.9 Å². The molecule has 1 aromatic carbocycles. The van der Waals surface area contributed by atoms with Crippen molar-refractivity contribution in [3.05, 3.63) is 33.9 Å². The van der Waals surface area contributed by atoms with Gasteiger partial charge in [-0.25, -0.2) is 0 Å². The highest BCUT2D eigenvalue weighted by molar-refractivity contribution is 5.95. The largest absolute Gasteiger partial charge is 0.379 e. The Labute approximate surface area is 124 Å². The third-order valence-corrected chi connectivity index (χ3v) is 3.90. The molecular formula is C15H21N3O3. The summed E-state index contributed by atoms with van der Waals surface area (Å²) in [7, 11) is 3.32. The molecule has 114 valence electrons. The van der Waals surface area contributed by atoms with Crippen LogP contribution in [0.4, 0.5) is 11.4 Å². The van der Waals surface area contributed by atoms with Gasteiger partial charge in [-0.15, -0.1) is 0 Å². The molecule has 1 aliphatic rings. The van der Waals surface area contributed by atoms with Gasteiger partial charge in [-0.3, -0.25) is 14.9 Å². The number of nitrogens with zero attached hydrogens (tertiary/aromatic N) is 2. The topological polar surface area (TPSA) is 75.5 Å². The van der Waals surface area contributed by atoms with Crippen molar-refractivity contribution in [2.75, 3.05) is 26.0 Å². The van der Waals surface area contributed by atoms with E-state index >= 15 is 0 Å². The zero-order valence-corrected chi connectivity index (χ0v) is 12.5. The molecule has 6 nitrogen and oxygen atoms in total. The Balaban J connectivity index is 2.19. The van der Waals surface area contributed by atoms with Gasteiger partial charge in [-0.1, -0.05) is 12.8 Å². The van der Waals surface area contributed by atoms with Crippen molar-refractivity contribution in [1.29, 1.82) is 0 Å². The molecule has 1 saturated carbocycles. The number of nitro benzene ring substituents is 1. The number of hydrogen-bond donors (Lipinski definition) is 1. The zero-order chi connectivity index (χ0) is 15.4. The monoisotopic (exact) mass is 291 g/mol. The van der Waals surface area contributed by atoms with Crippen LogP contribution in [0.5, 0.6) is 0 Å². The van der Waals surface area contributed by atoms with E-state index in [0.717, 1.165) is 19.4 Å². The number of rotatable bonds is 5. The maximum Gasteiger partial charge on any atom is 0.292 e. The minimum absolute atomic E-state index is 0.0169. The first kappa shape index (κ1) is 15.3. The van der Waals surface area contributed by atoms with Crippen molar-refractivity contribution in [3.8, 4) is 0 Å². The first-order chi connectivity index (χ1) is 9.99. The molecule has 0 atom stereocenters. The van der Waals surface area contributed by atoms with Crippen molar-refractivity contribution >= 4 is 17.3 Å². The quantitative estimate of drug-likeness (QED) is 0.668. The van der Waals surface area contributed by atoms with E-state index in [0.29, 0.717) is 17.2 Å². The molecule has 0 heterocycles. The summed E-state index contributed by atoms with van der Waals surface area (Å²) in [4.78, 5) is 24.1. The van der Waals surface area contributed by atoms with Crippen LogP contribution < -0.4 is 5.32 Å². The molecule has 0 aliphatic heterocycles. The summed E-state index contributed by atoms with van der Waals surface area (Å²) < 4.78 is 0. The van der Waals surface area contributed by atoms with Crippen LogP contribution in [0.3, 0.4) is 0 Å². The lowest BCUT2D eigenvalue weighted by Crippen LogP contribution is -2.22. The molecule has 0 bridgehead atoms. The molecule has 1 N–H and O–H groups in total. The number of benzene rings is 1. The van der Waals surface area contributed by atoms with Crippen molar-refractivity contribution in [2.45, 2.75) is 25.7 Å². The summed E-state index contributed by atoms with van der Waals surface area (Å²) in [6.45, 7) is 0.723. The molecule has 0 unspecified atom stereocenters. The third-order valence-electron chi connectivity index (χ3n) is 3.90. The van der Waals surface area contributed by atoms with Crippen LogP contribution in [0.2, 0.25) is 0 Å². The highest BCUT2D eigenvalue weighted by Crippen LogP contribution is 2.29. The summed E-state index contributed by atoms with van der Waals surface area (Å²) in [6.07, 6.45) is 4.79. The summed E-state index contributed by atoms with van der Waals surface area (Å²) >= 11 is 0. The van der Waals surface area contributed by atoms with Crippen molar-refractivity contribution in [1.82, 2.24) is 4.90 Å². The maximum atomic E-state index is 12.0. The Bertz CT molecular complexity index is 537. The van der Waals surface area contributed by atoms with E-state index in [-0.39, 0.29) is 11.6 Å². The predicted octanol–water partition coefficient (Wildman–Crippen LogP) is 2.90. The summed E-state index contributed by atoms with van der Waals surface area (Å²) in [6, 6.07) is 4.48. The van der Waals surface area contributed by atoms with E-state index in [9.17, 15) is 14.9 Å². The lowest BCUT2D eigenvalue weighted by Gasteiger charge is -2.14. The van der Waals surface area contributed by atoms with E-state index in [1.54, 1.807) is 20.2 Å². The van der Waals surface area contributed by atoms with Crippen molar-refractivity contribution in [3.63, 3.8) is 0 Å². The Morgan fingerprint density at radius 3 is 2.62 bits per heavy atom. The molecule has 0 spiro atoms. The van der Waals surface area contributed by atoms with Gasteiger partial charge in [0, 0.05) is 32.3 Å². The van der Waals surface area contributed by atoms with E-state index < -0.39 is 4.92 Å². The van der Waals surface area contributed by atoms with Gasteiger partial charge in [0.1, 0.15) is 5.69 Å². The van der Waals surface area contributed by atoms with Gasteiger partial charge in [-0.05, 0) is 30.9 Å². The Morgan fingerprint density at radius 1 is 1.38 bits per heavy atom. The lowest BCUT2D eigenvalue weighted by molar-refractivity contribution is -0.384. The second-order valence-electron chi connectivity index (χ2n) is 5.72. The van der Waals surface area contributed by atoms with Gasteiger partial charge < -0.3 is 10.2 Å². The highest BCUT2D eigenvalue weighted by atomic mass is 16.6. The molecule has 6 heteroatoms. The van der Waals surface area contributed by atoms with Gasteiger partial charge in [0.05, 0.1) is 4.92 Å². The molecule has 0 saturated heterocycles. The fourth-order valence-corrected chi connectivity index (χ4v) is 2.70. The highest BCUT2D eigenvalue weighted by Gasteiger charge is 2.20. The Kier molecular flexibility index (Phi) is 4.77. The molecule has 2 rings (SSSR count). The third kappa shape index (κ3) is 3.71. The molecule has 1 aliphatic carbocycles. The fourth-order valence-electron chi connectivity index (χ4n) is 2.70. The number of carbonyl (C=O) groups is 1. The number of amides is 1. The Morgan fingerprint density at radius 2 is 2.05 bits per heavy atom. The second kappa shape index (κ2) is 6.56. The SMILES string of the molecule is CN(C)C(=O)c1ccc([N+](=O)[O-])c(NCC2CCCC2)c1. The number of nitrogens with one attached hydrogen (secondary N) is 1. The molecule has 0 aromatic heterocycles. The number of hydrogen-bond acceptors (Lipinski definition) is 4. The van der Waals surface area contributed by atoms with Gasteiger partial charge in [0.15, 0.2) is 0 Å². The standard InChI is InChI=1S/C15H21N3O3/c1-17(2)15(19)12-7-8-14(18(20)21)13(9-12)16-10-11-5-3-4-6-11/h7-9,11,16H,3-6,10H2,1-2H3. The van der Waals surface area contributed by atoms with Crippen LogP contribution in [0.1, 0.15) is 36.0 Å². The first-order valence-electron chi connectivity index (χ1n) is 7.23. The normalized spacial score (nSPS) is 15.0. The predicted molar refractivity (Wildman–Crippen MR) is 81.6 cm³/mol. The minimum Gasteiger partial charge on any atom is -0.379 e. The van der Waals surface area contributed by atoms with E-state index in [2.05, 4.69) is 5.32 Å². The van der Waals surface area contributed by atoms with E-state index in [4.69, 9.17) is 0 Å². The molecule has 0 radical (unpaired) electrons. The summed E-state index contributed by atoms with van der Waals surface area (Å²) in [5.74, 6) is 0.409. The second-order valence-corrected chi connectivity index (χ2v) is 5.72. The molecular weight excluding hydrogens is 270 g/mol. The van der Waals surface area contributed by atoms with Gasteiger partial charge in [0.25, 0.3) is 11.6 Å². The number of nitro groups is 1. The summed E-state index contributed by atoms with van der Waals surface area (Å²) in [5.41, 5.74) is 0.905. The van der Waals surface area contributed by atoms with Gasteiger partial charge >= 0.3 is 0 Å². The molecule has 1 aromatic rings. The smallest absolute Gasteiger partial charge is 0.292 e. The minimum atomic E-state index is -0.416. The van der Waals surface area contributed by atoms with Crippen LogP contribution in [-0.4, -0.2) is 36.4 Å². The average Bonchev–Trinajstić information content (AvgIpc) is 2.97. The van der Waals surface area contributed by atoms with Gasteiger partial charge in [-0.2, -0.15) is 0 Å². The Hall–Kier alpha value is -2.11. The number of carbonyl (C=O) groups excluding carboxylic acids is 1. The van der Waals surface area contributed by atoms with Crippen molar-refractivity contribution in [2.24, 2.45) is 5.92 Å². The summed E-state index contributed by atoms with van der Waals surface area (Å²) in [5, 5.41) is 14.3. The van der Waals surface area contributed by atoms with Crippen LogP contribution in [0.15, 0.2) is 18.2 Å². The van der Waals surface area contributed by atoms with Crippen LogP contribution >= 0.6 is 0 Å². The lowest BCUT2D eigenvalue weighted by atomic mass is 10.1. The number of anilines is 1.